The van der Waals surface area contributed by atoms with E-state index in [0.29, 0.717) is 6.42 Å². The van der Waals surface area contributed by atoms with E-state index in [4.69, 9.17) is 27.9 Å². The standard InChI is InChI=1S/C18H20Cl2O6S/c1-2-27(24,25)15-7-6-11(17(20)12(15)10-26-9-8-19)18(23)16-13(21)4-3-5-14(16)22/h6-7,16H,2-5,8-10H2,1H3. The van der Waals surface area contributed by atoms with Crippen molar-refractivity contribution in [3.05, 3.63) is 28.3 Å². The molecule has 2 rings (SSSR count). The number of hydrogen-bond acceptors (Lipinski definition) is 6. The van der Waals surface area contributed by atoms with E-state index in [2.05, 4.69) is 0 Å². The summed E-state index contributed by atoms with van der Waals surface area (Å²) in [4.78, 5) is 36.9. The lowest BCUT2D eigenvalue weighted by Crippen LogP contribution is -2.35. The molecule has 27 heavy (non-hydrogen) atoms. The predicted octanol–water partition coefficient (Wildman–Crippen LogP) is 3.01. The van der Waals surface area contributed by atoms with Crippen LogP contribution in [-0.4, -0.2) is 44.0 Å². The number of Topliss-reactive ketones (excluding diaryl/α,β-unsaturated/α-hetero) is 3. The summed E-state index contributed by atoms with van der Waals surface area (Å²) >= 11 is 11.9. The van der Waals surface area contributed by atoms with Gasteiger partial charge in [-0.1, -0.05) is 18.5 Å². The van der Waals surface area contributed by atoms with Crippen LogP contribution in [0.5, 0.6) is 0 Å². The number of benzene rings is 1. The van der Waals surface area contributed by atoms with Crippen LogP contribution >= 0.6 is 23.2 Å². The maximum absolute atomic E-state index is 12.8. The highest BCUT2D eigenvalue weighted by atomic mass is 35.5. The van der Waals surface area contributed by atoms with Gasteiger partial charge >= 0.3 is 0 Å². The Morgan fingerprint density at radius 3 is 2.41 bits per heavy atom. The highest BCUT2D eigenvalue weighted by molar-refractivity contribution is 7.91. The van der Waals surface area contributed by atoms with Gasteiger partial charge in [0.1, 0.15) is 5.92 Å². The lowest BCUT2D eigenvalue weighted by atomic mass is 9.81. The molecule has 0 saturated heterocycles. The van der Waals surface area contributed by atoms with Crippen LogP contribution in [0.1, 0.15) is 42.1 Å². The van der Waals surface area contributed by atoms with Crippen molar-refractivity contribution in [3.8, 4) is 0 Å². The molecule has 148 valence electrons. The van der Waals surface area contributed by atoms with Crippen LogP contribution in [0.4, 0.5) is 0 Å². The summed E-state index contributed by atoms with van der Waals surface area (Å²) in [6.45, 7) is 1.50. The molecule has 0 unspecified atom stereocenters. The number of ketones is 3. The van der Waals surface area contributed by atoms with Crippen molar-refractivity contribution in [2.75, 3.05) is 18.2 Å². The number of rotatable bonds is 8. The number of alkyl halides is 1. The van der Waals surface area contributed by atoms with Crippen LogP contribution in [0, 0.1) is 5.92 Å². The fourth-order valence-electron chi connectivity index (χ4n) is 2.96. The Bertz CT molecular complexity index is 847. The second kappa shape index (κ2) is 9.28. The van der Waals surface area contributed by atoms with Gasteiger partial charge in [-0.3, -0.25) is 14.4 Å². The molecule has 1 aliphatic rings. The van der Waals surface area contributed by atoms with E-state index < -0.39 is 33.1 Å². The molecule has 9 heteroatoms. The summed E-state index contributed by atoms with van der Waals surface area (Å²) in [6.07, 6.45) is 0.752. The predicted molar refractivity (Wildman–Crippen MR) is 101 cm³/mol. The molecule has 0 spiro atoms. The second-order valence-electron chi connectivity index (χ2n) is 6.13. The van der Waals surface area contributed by atoms with Gasteiger partial charge in [0.05, 0.1) is 28.9 Å². The molecule has 1 aliphatic carbocycles. The zero-order valence-electron chi connectivity index (χ0n) is 14.8. The van der Waals surface area contributed by atoms with E-state index in [1.165, 1.54) is 19.1 Å². The molecular weight excluding hydrogens is 415 g/mol. The Hall–Kier alpha value is -1.28. The van der Waals surface area contributed by atoms with E-state index >= 15 is 0 Å². The molecule has 6 nitrogen and oxygen atoms in total. The molecule has 0 radical (unpaired) electrons. The molecule has 0 aromatic heterocycles. The quantitative estimate of drug-likeness (QED) is 0.270. The summed E-state index contributed by atoms with van der Waals surface area (Å²) in [5.41, 5.74) is 0.0787. The summed E-state index contributed by atoms with van der Waals surface area (Å²) in [5, 5.41) is -0.115. The Morgan fingerprint density at radius 1 is 1.22 bits per heavy atom. The van der Waals surface area contributed by atoms with Crippen LogP contribution in [0.15, 0.2) is 17.0 Å². The third-order valence-corrected chi connectivity index (χ3v) is 6.80. The fraction of sp³-hybridized carbons (Fsp3) is 0.500. The molecule has 1 aromatic rings. The lowest BCUT2D eigenvalue weighted by Gasteiger charge is -2.20. The normalized spacial score (nSPS) is 16.0. The van der Waals surface area contributed by atoms with Gasteiger partial charge in [-0.15, -0.1) is 11.6 Å². The first-order chi connectivity index (χ1) is 12.7. The Balaban J connectivity index is 2.52. The zero-order valence-corrected chi connectivity index (χ0v) is 17.1. The topological polar surface area (TPSA) is 94.6 Å². The van der Waals surface area contributed by atoms with E-state index in [1.54, 1.807) is 0 Å². The lowest BCUT2D eigenvalue weighted by molar-refractivity contribution is -0.133. The Kier molecular flexibility index (Phi) is 7.56. The number of halogens is 2. The molecular formula is C18H20Cl2O6S. The number of ether oxygens (including phenoxy) is 1. The average molecular weight is 435 g/mol. The minimum atomic E-state index is -3.62. The molecule has 0 atom stereocenters. The van der Waals surface area contributed by atoms with Crippen LogP contribution in [-0.2, 0) is 30.8 Å². The first kappa shape index (κ1) is 22.0. The molecule has 0 N–H and O–H groups in total. The van der Waals surface area contributed by atoms with Crippen molar-refractivity contribution in [2.24, 2.45) is 5.92 Å². The monoisotopic (exact) mass is 434 g/mol. The van der Waals surface area contributed by atoms with Gasteiger partial charge in [0, 0.05) is 29.8 Å². The molecule has 1 fully saturated rings. The molecule has 0 amide bonds. The van der Waals surface area contributed by atoms with Crippen molar-refractivity contribution < 1.29 is 27.5 Å². The van der Waals surface area contributed by atoms with Gasteiger partial charge in [-0.2, -0.15) is 0 Å². The SMILES string of the molecule is CCS(=O)(=O)c1ccc(C(=O)C2C(=O)CCCC2=O)c(Cl)c1COCCCl. The fourth-order valence-corrected chi connectivity index (χ4v) is 4.56. The van der Waals surface area contributed by atoms with Crippen LogP contribution in [0.2, 0.25) is 5.02 Å². The minimum absolute atomic E-state index is 0.0394. The van der Waals surface area contributed by atoms with Gasteiger partial charge in [-0.25, -0.2) is 8.42 Å². The highest BCUT2D eigenvalue weighted by Gasteiger charge is 2.38. The third kappa shape index (κ3) is 4.77. The number of carbonyl (C=O) groups is 3. The van der Waals surface area contributed by atoms with E-state index in [0.717, 1.165) is 0 Å². The van der Waals surface area contributed by atoms with E-state index in [9.17, 15) is 22.8 Å². The summed E-state index contributed by atoms with van der Waals surface area (Å²) in [5.74, 6) is -2.89. The molecule has 1 saturated carbocycles. The molecule has 0 heterocycles. The van der Waals surface area contributed by atoms with Crippen LogP contribution in [0.3, 0.4) is 0 Å². The number of hydrogen-bond donors (Lipinski definition) is 0. The number of carbonyl (C=O) groups excluding carboxylic acids is 3. The van der Waals surface area contributed by atoms with Crippen molar-refractivity contribution in [3.63, 3.8) is 0 Å². The second-order valence-corrected chi connectivity index (χ2v) is 9.13. The largest absolute Gasteiger partial charge is 0.375 e. The molecule has 0 bridgehead atoms. The molecule has 1 aromatic carbocycles. The maximum Gasteiger partial charge on any atom is 0.182 e. The number of sulfone groups is 1. The Labute approximate surface area is 168 Å². The van der Waals surface area contributed by atoms with Gasteiger partial charge in [0.15, 0.2) is 27.2 Å². The minimum Gasteiger partial charge on any atom is -0.375 e. The zero-order chi connectivity index (χ0) is 20.2. The first-order valence-corrected chi connectivity index (χ1v) is 11.1. The summed E-state index contributed by atoms with van der Waals surface area (Å²) in [7, 11) is -3.62. The third-order valence-electron chi connectivity index (χ3n) is 4.40. The Morgan fingerprint density at radius 2 is 1.85 bits per heavy atom. The highest BCUT2D eigenvalue weighted by Crippen LogP contribution is 2.32. The van der Waals surface area contributed by atoms with Crippen LogP contribution in [0.25, 0.3) is 0 Å². The van der Waals surface area contributed by atoms with Crippen molar-refractivity contribution in [1.29, 1.82) is 0 Å². The van der Waals surface area contributed by atoms with Crippen molar-refractivity contribution >= 4 is 50.4 Å². The van der Waals surface area contributed by atoms with Gasteiger partial charge in [0.25, 0.3) is 0 Å². The summed E-state index contributed by atoms with van der Waals surface area (Å²) < 4.78 is 30.0. The first-order valence-electron chi connectivity index (χ1n) is 8.52. The van der Waals surface area contributed by atoms with Gasteiger partial charge in [0.2, 0.25) is 0 Å². The van der Waals surface area contributed by atoms with Gasteiger partial charge < -0.3 is 4.74 Å². The smallest absolute Gasteiger partial charge is 0.182 e. The van der Waals surface area contributed by atoms with Gasteiger partial charge in [-0.05, 0) is 18.6 Å². The maximum atomic E-state index is 12.8. The summed E-state index contributed by atoms with van der Waals surface area (Å²) in [6, 6.07) is 2.53. The van der Waals surface area contributed by atoms with E-state index in [-0.39, 0.29) is 58.7 Å². The van der Waals surface area contributed by atoms with E-state index in [1.807, 2.05) is 0 Å². The average Bonchev–Trinajstić information content (AvgIpc) is 2.62. The van der Waals surface area contributed by atoms with Crippen molar-refractivity contribution in [2.45, 2.75) is 37.7 Å². The van der Waals surface area contributed by atoms with Crippen molar-refractivity contribution in [1.82, 2.24) is 0 Å². The molecule has 0 aliphatic heterocycles. The van der Waals surface area contributed by atoms with Crippen LogP contribution < -0.4 is 0 Å².